The van der Waals surface area contributed by atoms with Gasteiger partial charge >= 0.3 is 5.97 Å². The van der Waals surface area contributed by atoms with Gasteiger partial charge in [0.1, 0.15) is 5.75 Å². The van der Waals surface area contributed by atoms with Crippen LogP contribution < -0.4 is 4.74 Å². The first kappa shape index (κ1) is 14.8. The average Bonchev–Trinajstić information content (AvgIpc) is 2.52. The van der Waals surface area contributed by atoms with E-state index in [0.717, 1.165) is 11.1 Å². The maximum absolute atomic E-state index is 12.0. The summed E-state index contributed by atoms with van der Waals surface area (Å²) in [5, 5.41) is 8.65. The summed E-state index contributed by atoms with van der Waals surface area (Å²) in [7, 11) is 1.58. The molecule has 21 heavy (non-hydrogen) atoms. The van der Waals surface area contributed by atoms with E-state index >= 15 is 0 Å². The molecule has 108 valence electrons. The van der Waals surface area contributed by atoms with Crippen LogP contribution in [0.2, 0.25) is 0 Å². The molecule has 1 N–H and O–H groups in total. The van der Waals surface area contributed by atoms with Crippen molar-refractivity contribution in [2.24, 2.45) is 0 Å². The van der Waals surface area contributed by atoms with E-state index in [1.54, 1.807) is 25.3 Å². The Hall–Kier alpha value is -2.62. The molecule has 0 aromatic heterocycles. The van der Waals surface area contributed by atoms with Crippen molar-refractivity contribution in [3.63, 3.8) is 0 Å². The molecule has 2 aromatic carbocycles. The van der Waals surface area contributed by atoms with Crippen molar-refractivity contribution in [1.82, 2.24) is 0 Å². The van der Waals surface area contributed by atoms with Gasteiger partial charge in [0.25, 0.3) is 0 Å². The Morgan fingerprint density at radius 2 is 1.76 bits per heavy atom. The summed E-state index contributed by atoms with van der Waals surface area (Å²) in [4.78, 5) is 22.6. The summed E-state index contributed by atoms with van der Waals surface area (Å²) in [5.74, 6) is -0.478. The highest BCUT2D eigenvalue weighted by Crippen LogP contribution is 2.31. The Bertz CT molecular complexity index is 647. The largest absolute Gasteiger partial charge is 0.496 e. The van der Waals surface area contributed by atoms with Gasteiger partial charge in [-0.2, -0.15) is 0 Å². The number of rotatable bonds is 6. The maximum atomic E-state index is 12.0. The number of aliphatic carboxylic acids is 1. The van der Waals surface area contributed by atoms with E-state index in [2.05, 4.69) is 0 Å². The van der Waals surface area contributed by atoms with Gasteiger partial charge in [0.2, 0.25) is 0 Å². The minimum atomic E-state index is -0.972. The fraction of sp³-hybridized carbons (Fsp3) is 0.176. The molecule has 0 saturated heterocycles. The standard InChI is InChI=1S/C17H16O4/c1-21-16-9-7-13(15(18)8-10-17(19)20)11-14(16)12-5-3-2-4-6-12/h2-7,9,11H,8,10H2,1H3,(H,19,20). The van der Waals surface area contributed by atoms with E-state index in [4.69, 9.17) is 9.84 Å². The second-order valence-electron chi connectivity index (χ2n) is 4.60. The molecule has 2 aromatic rings. The molecule has 4 heteroatoms. The highest BCUT2D eigenvalue weighted by Gasteiger charge is 2.12. The van der Waals surface area contributed by atoms with Gasteiger partial charge in [-0.1, -0.05) is 30.3 Å². The van der Waals surface area contributed by atoms with Crippen molar-refractivity contribution < 1.29 is 19.4 Å². The van der Waals surface area contributed by atoms with Gasteiger partial charge < -0.3 is 9.84 Å². The Morgan fingerprint density at radius 3 is 2.38 bits per heavy atom. The molecule has 0 radical (unpaired) electrons. The van der Waals surface area contributed by atoms with E-state index < -0.39 is 5.97 Å². The predicted molar refractivity (Wildman–Crippen MR) is 79.6 cm³/mol. The molecule has 0 unspecified atom stereocenters. The minimum Gasteiger partial charge on any atom is -0.496 e. The van der Waals surface area contributed by atoms with E-state index in [1.807, 2.05) is 30.3 Å². The quantitative estimate of drug-likeness (QED) is 0.826. The zero-order chi connectivity index (χ0) is 15.2. The van der Waals surface area contributed by atoms with Crippen LogP contribution in [0.5, 0.6) is 5.75 Å². The van der Waals surface area contributed by atoms with Gasteiger partial charge in [-0.05, 0) is 23.8 Å². The first-order valence-electron chi connectivity index (χ1n) is 6.60. The van der Waals surface area contributed by atoms with Crippen LogP contribution in [0.25, 0.3) is 11.1 Å². The topological polar surface area (TPSA) is 63.6 Å². The van der Waals surface area contributed by atoms with Crippen LogP contribution in [0.15, 0.2) is 48.5 Å². The van der Waals surface area contributed by atoms with E-state index in [0.29, 0.717) is 11.3 Å². The molecule has 2 rings (SSSR count). The van der Waals surface area contributed by atoms with Gasteiger partial charge in [0.15, 0.2) is 5.78 Å². The van der Waals surface area contributed by atoms with Gasteiger partial charge in [0, 0.05) is 17.5 Å². The van der Waals surface area contributed by atoms with Crippen LogP contribution in [0, 0.1) is 0 Å². The van der Waals surface area contributed by atoms with E-state index in [-0.39, 0.29) is 18.6 Å². The van der Waals surface area contributed by atoms with Crippen LogP contribution in [-0.2, 0) is 4.79 Å². The molecule has 0 bridgehead atoms. The zero-order valence-corrected chi connectivity index (χ0v) is 11.7. The van der Waals surface area contributed by atoms with Crippen molar-refractivity contribution in [3.8, 4) is 16.9 Å². The maximum Gasteiger partial charge on any atom is 0.303 e. The second kappa shape index (κ2) is 6.70. The van der Waals surface area contributed by atoms with Gasteiger partial charge in [-0.3, -0.25) is 9.59 Å². The first-order chi connectivity index (χ1) is 10.1. The zero-order valence-electron chi connectivity index (χ0n) is 11.7. The molecule has 0 amide bonds. The summed E-state index contributed by atoms with van der Waals surface area (Å²) >= 11 is 0. The Morgan fingerprint density at radius 1 is 1.05 bits per heavy atom. The number of carboxylic acids is 1. The van der Waals surface area contributed by atoms with Crippen LogP contribution in [-0.4, -0.2) is 24.0 Å². The van der Waals surface area contributed by atoms with Crippen molar-refractivity contribution in [3.05, 3.63) is 54.1 Å². The molecule has 0 aliphatic heterocycles. The number of methoxy groups -OCH3 is 1. The van der Waals surface area contributed by atoms with Crippen molar-refractivity contribution >= 4 is 11.8 Å². The van der Waals surface area contributed by atoms with Crippen LogP contribution in [0.1, 0.15) is 23.2 Å². The number of Topliss-reactive ketones (excluding diaryl/α,β-unsaturated/α-hetero) is 1. The number of ether oxygens (including phenoxy) is 1. The summed E-state index contributed by atoms with van der Waals surface area (Å²) < 4.78 is 5.33. The summed E-state index contributed by atoms with van der Waals surface area (Å²) in [6.07, 6.45) is -0.165. The fourth-order valence-corrected chi connectivity index (χ4v) is 2.09. The number of benzene rings is 2. The van der Waals surface area contributed by atoms with E-state index in [9.17, 15) is 9.59 Å². The SMILES string of the molecule is COc1ccc(C(=O)CCC(=O)O)cc1-c1ccccc1. The van der Waals surface area contributed by atoms with Crippen molar-refractivity contribution in [2.75, 3.05) is 7.11 Å². The van der Waals surface area contributed by atoms with Crippen LogP contribution in [0.4, 0.5) is 0 Å². The highest BCUT2D eigenvalue weighted by molar-refractivity contribution is 5.99. The lowest BCUT2D eigenvalue weighted by Crippen LogP contribution is -2.04. The summed E-state index contributed by atoms with van der Waals surface area (Å²) in [5.41, 5.74) is 2.26. The lowest BCUT2D eigenvalue weighted by molar-refractivity contribution is -0.136. The molecular weight excluding hydrogens is 268 g/mol. The third-order valence-corrected chi connectivity index (χ3v) is 3.17. The number of carbonyl (C=O) groups is 2. The van der Waals surface area contributed by atoms with E-state index in [1.165, 1.54) is 0 Å². The average molecular weight is 284 g/mol. The number of hydrogen-bond acceptors (Lipinski definition) is 3. The summed E-state index contributed by atoms with van der Waals surface area (Å²) in [6, 6.07) is 14.7. The van der Waals surface area contributed by atoms with Crippen molar-refractivity contribution in [2.45, 2.75) is 12.8 Å². The summed E-state index contributed by atoms with van der Waals surface area (Å²) in [6.45, 7) is 0. The first-order valence-corrected chi connectivity index (χ1v) is 6.60. The van der Waals surface area contributed by atoms with Gasteiger partial charge in [-0.15, -0.1) is 0 Å². The number of hydrogen-bond donors (Lipinski definition) is 1. The van der Waals surface area contributed by atoms with Crippen LogP contribution in [0.3, 0.4) is 0 Å². The predicted octanol–water partition coefficient (Wildman–Crippen LogP) is 3.41. The number of ketones is 1. The third kappa shape index (κ3) is 3.69. The molecule has 0 atom stereocenters. The highest BCUT2D eigenvalue weighted by atomic mass is 16.5. The second-order valence-corrected chi connectivity index (χ2v) is 4.60. The molecule has 0 spiro atoms. The lowest BCUT2D eigenvalue weighted by atomic mass is 9.98. The Kier molecular flexibility index (Phi) is 4.72. The number of carboxylic acid groups (broad SMARTS) is 1. The molecule has 0 heterocycles. The third-order valence-electron chi connectivity index (χ3n) is 3.17. The Balaban J connectivity index is 2.34. The minimum absolute atomic E-state index is 0.00408. The van der Waals surface area contributed by atoms with Crippen molar-refractivity contribution in [1.29, 1.82) is 0 Å². The number of carbonyl (C=O) groups excluding carboxylic acids is 1. The van der Waals surface area contributed by atoms with Gasteiger partial charge in [-0.25, -0.2) is 0 Å². The van der Waals surface area contributed by atoms with Crippen LogP contribution >= 0.6 is 0 Å². The molecule has 0 aliphatic carbocycles. The molecular formula is C17H16O4. The van der Waals surface area contributed by atoms with Gasteiger partial charge in [0.05, 0.1) is 13.5 Å². The molecule has 0 saturated carbocycles. The molecule has 4 nitrogen and oxygen atoms in total. The molecule has 0 fully saturated rings. The lowest BCUT2D eigenvalue weighted by Gasteiger charge is -2.10. The monoisotopic (exact) mass is 284 g/mol. The normalized spacial score (nSPS) is 10.1. The molecule has 0 aliphatic rings. The fourth-order valence-electron chi connectivity index (χ4n) is 2.09. The smallest absolute Gasteiger partial charge is 0.303 e. The Labute approximate surface area is 123 Å².